The molecule has 2 aromatic carbocycles. The van der Waals surface area contributed by atoms with Crippen molar-refractivity contribution in [1.29, 1.82) is 0 Å². The zero-order valence-electron chi connectivity index (χ0n) is 12.7. The SMILES string of the molecule is CCc1cccc(CC)c1NC(=O)c1cc(S)ccc1C. The van der Waals surface area contributed by atoms with Crippen molar-refractivity contribution < 1.29 is 4.79 Å². The van der Waals surface area contributed by atoms with Gasteiger partial charge in [-0.2, -0.15) is 0 Å². The third-order valence-corrected chi connectivity index (χ3v) is 3.98. The van der Waals surface area contributed by atoms with Gasteiger partial charge in [-0.05, 0) is 48.6 Å². The summed E-state index contributed by atoms with van der Waals surface area (Å²) in [5, 5.41) is 3.09. The Bertz CT molecular complexity index is 642. The summed E-state index contributed by atoms with van der Waals surface area (Å²) in [6.45, 7) is 6.14. The molecule has 2 nitrogen and oxygen atoms in total. The summed E-state index contributed by atoms with van der Waals surface area (Å²) in [4.78, 5) is 13.4. The number of para-hydroxylation sites is 1. The third-order valence-electron chi connectivity index (χ3n) is 3.70. The molecule has 3 heteroatoms. The lowest BCUT2D eigenvalue weighted by atomic mass is 10.0. The van der Waals surface area contributed by atoms with Crippen molar-refractivity contribution in [3.8, 4) is 0 Å². The van der Waals surface area contributed by atoms with E-state index in [1.807, 2.05) is 31.2 Å². The average molecular weight is 299 g/mol. The first-order valence-corrected chi connectivity index (χ1v) is 7.73. The fourth-order valence-corrected chi connectivity index (χ4v) is 2.64. The van der Waals surface area contributed by atoms with Gasteiger partial charge in [0.2, 0.25) is 0 Å². The van der Waals surface area contributed by atoms with Crippen molar-refractivity contribution in [2.75, 3.05) is 5.32 Å². The maximum atomic E-state index is 12.6. The number of amides is 1. The molecule has 0 aliphatic heterocycles. The predicted molar refractivity (Wildman–Crippen MR) is 91.6 cm³/mol. The minimum absolute atomic E-state index is 0.0704. The van der Waals surface area contributed by atoms with Crippen LogP contribution in [0.1, 0.15) is 40.9 Å². The Kier molecular flexibility index (Phi) is 5.07. The quantitative estimate of drug-likeness (QED) is 0.790. The predicted octanol–water partition coefficient (Wildman–Crippen LogP) is 4.66. The molecule has 0 unspecified atom stereocenters. The van der Waals surface area contributed by atoms with E-state index in [0.717, 1.165) is 29.0 Å². The second kappa shape index (κ2) is 6.81. The van der Waals surface area contributed by atoms with Crippen molar-refractivity contribution in [2.45, 2.75) is 38.5 Å². The van der Waals surface area contributed by atoms with Crippen LogP contribution >= 0.6 is 12.6 Å². The van der Waals surface area contributed by atoms with E-state index in [-0.39, 0.29) is 5.91 Å². The largest absolute Gasteiger partial charge is 0.321 e. The molecule has 2 rings (SSSR count). The lowest BCUT2D eigenvalue weighted by Gasteiger charge is -2.15. The zero-order chi connectivity index (χ0) is 15.4. The molecule has 0 saturated heterocycles. The molecular weight excluding hydrogens is 278 g/mol. The van der Waals surface area contributed by atoms with E-state index in [1.54, 1.807) is 0 Å². The fourth-order valence-electron chi connectivity index (χ4n) is 2.44. The third kappa shape index (κ3) is 3.48. The minimum atomic E-state index is -0.0704. The lowest BCUT2D eigenvalue weighted by molar-refractivity contribution is 0.102. The van der Waals surface area contributed by atoms with Crippen LogP contribution < -0.4 is 5.32 Å². The number of aryl methyl sites for hydroxylation is 3. The van der Waals surface area contributed by atoms with Gasteiger partial charge in [0.05, 0.1) is 0 Å². The van der Waals surface area contributed by atoms with E-state index in [1.165, 1.54) is 11.1 Å². The van der Waals surface area contributed by atoms with E-state index >= 15 is 0 Å². The van der Waals surface area contributed by atoms with Gasteiger partial charge in [0.25, 0.3) is 5.91 Å². The Labute approximate surface area is 132 Å². The molecule has 0 radical (unpaired) electrons. The van der Waals surface area contributed by atoms with Crippen molar-refractivity contribution in [3.05, 3.63) is 58.7 Å². The van der Waals surface area contributed by atoms with E-state index in [4.69, 9.17) is 0 Å². The molecule has 0 spiro atoms. The molecule has 1 amide bonds. The molecule has 0 bridgehead atoms. The summed E-state index contributed by atoms with van der Waals surface area (Å²) in [5.74, 6) is -0.0704. The molecule has 110 valence electrons. The van der Waals surface area contributed by atoms with E-state index in [2.05, 4.69) is 43.9 Å². The average Bonchev–Trinajstić information content (AvgIpc) is 2.49. The van der Waals surface area contributed by atoms with Crippen LogP contribution in [0.4, 0.5) is 5.69 Å². The Morgan fingerprint density at radius 2 is 1.71 bits per heavy atom. The monoisotopic (exact) mass is 299 g/mol. The minimum Gasteiger partial charge on any atom is -0.321 e. The van der Waals surface area contributed by atoms with Crippen LogP contribution in [0.15, 0.2) is 41.3 Å². The summed E-state index contributed by atoms with van der Waals surface area (Å²) < 4.78 is 0. The van der Waals surface area contributed by atoms with Gasteiger partial charge in [-0.25, -0.2) is 0 Å². The molecule has 0 saturated carbocycles. The van der Waals surface area contributed by atoms with Gasteiger partial charge in [-0.1, -0.05) is 38.1 Å². The number of thiol groups is 1. The van der Waals surface area contributed by atoms with Gasteiger partial charge in [-0.15, -0.1) is 12.6 Å². The number of hydrogen-bond acceptors (Lipinski definition) is 2. The van der Waals surface area contributed by atoms with Gasteiger partial charge in [0, 0.05) is 16.1 Å². The molecule has 0 aromatic heterocycles. The first-order valence-electron chi connectivity index (χ1n) is 7.28. The second-order valence-corrected chi connectivity index (χ2v) is 5.63. The molecule has 21 heavy (non-hydrogen) atoms. The summed E-state index contributed by atoms with van der Waals surface area (Å²) in [6, 6.07) is 11.8. The van der Waals surface area contributed by atoms with E-state index in [9.17, 15) is 4.79 Å². The first-order chi connectivity index (χ1) is 10.1. The highest BCUT2D eigenvalue weighted by atomic mass is 32.1. The number of hydrogen-bond donors (Lipinski definition) is 2. The number of benzene rings is 2. The van der Waals surface area contributed by atoms with Gasteiger partial charge < -0.3 is 5.32 Å². The van der Waals surface area contributed by atoms with Crippen LogP contribution in [0, 0.1) is 6.92 Å². The zero-order valence-corrected chi connectivity index (χ0v) is 13.6. The molecule has 2 aromatic rings. The second-order valence-electron chi connectivity index (χ2n) is 5.11. The summed E-state index contributed by atoms with van der Waals surface area (Å²) in [5.41, 5.74) is 4.93. The van der Waals surface area contributed by atoms with Crippen LogP contribution in [0.3, 0.4) is 0 Å². The maximum Gasteiger partial charge on any atom is 0.255 e. The highest BCUT2D eigenvalue weighted by Crippen LogP contribution is 2.24. The molecule has 0 heterocycles. The van der Waals surface area contributed by atoms with Crippen LogP contribution in [-0.2, 0) is 12.8 Å². The molecule has 0 fully saturated rings. The normalized spacial score (nSPS) is 10.5. The molecular formula is C18H21NOS. The Morgan fingerprint density at radius 3 is 2.29 bits per heavy atom. The lowest BCUT2D eigenvalue weighted by Crippen LogP contribution is -2.16. The number of carbonyl (C=O) groups excluding carboxylic acids is 1. The van der Waals surface area contributed by atoms with Gasteiger partial charge >= 0.3 is 0 Å². The Morgan fingerprint density at radius 1 is 1.10 bits per heavy atom. The van der Waals surface area contributed by atoms with Crippen LogP contribution in [0.2, 0.25) is 0 Å². The number of anilines is 1. The highest BCUT2D eigenvalue weighted by molar-refractivity contribution is 7.80. The van der Waals surface area contributed by atoms with Gasteiger partial charge in [0.15, 0.2) is 0 Å². The summed E-state index contributed by atoms with van der Waals surface area (Å²) >= 11 is 4.32. The molecule has 0 aliphatic rings. The van der Waals surface area contributed by atoms with Crippen LogP contribution in [-0.4, -0.2) is 5.91 Å². The highest BCUT2D eigenvalue weighted by Gasteiger charge is 2.13. The molecule has 0 aliphatic carbocycles. The van der Waals surface area contributed by atoms with Crippen molar-refractivity contribution in [1.82, 2.24) is 0 Å². The Balaban J connectivity index is 2.38. The van der Waals surface area contributed by atoms with Crippen LogP contribution in [0.25, 0.3) is 0 Å². The first kappa shape index (κ1) is 15.6. The topological polar surface area (TPSA) is 29.1 Å². The standard InChI is InChI=1S/C18H21NOS/c1-4-13-7-6-8-14(5-2)17(13)19-18(20)16-11-15(21)10-9-12(16)3/h6-11,21H,4-5H2,1-3H3,(H,19,20). The smallest absolute Gasteiger partial charge is 0.255 e. The molecule has 0 atom stereocenters. The van der Waals surface area contributed by atoms with Gasteiger partial charge in [0.1, 0.15) is 0 Å². The van der Waals surface area contributed by atoms with E-state index in [0.29, 0.717) is 5.56 Å². The molecule has 1 N–H and O–H groups in total. The van der Waals surface area contributed by atoms with E-state index < -0.39 is 0 Å². The summed E-state index contributed by atoms with van der Waals surface area (Å²) in [7, 11) is 0. The van der Waals surface area contributed by atoms with Crippen LogP contribution in [0.5, 0.6) is 0 Å². The van der Waals surface area contributed by atoms with Crippen molar-refractivity contribution in [3.63, 3.8) is 0 Å². The number of rotatable bonds is 4. The Hall–Kier alpha value is -1.74. The number of carbonyl (C=O) groups is 1. The summed E-state index contributed by atoms with van der Waals surface area (Å²) in [6.07, 6.45) is 1.80. The maximum absolute atomic E-state index is 12.6. The fraction of sp³-hybridized carbons (Fsp3) is 0.278. The van der Waals surface area contributed by atoms with Crippen molar-refractivity contribution in [2.24, 2.45) is 0 Å². The number of nitrogens with one attached hydrogen (secondary N) is 1. The van der Waals surface area contributed by atoms with Gasteiger partial charge in [-0.3, -0.25) is 4.79 Å². The van der Waals surface area contributed by atoms with Crippen molar-refractivity contribution >= 4 is 24.2 Å².